The molecule has 0 fully saturated rings. The molecule has 39 heavy (non-hydrogen) atoms. The quantitative estimate of drug-likeness (QED) is 0.116. The largest absolute Gasteiger partial charge is 0.457 e. The van der Waals surface area contributed by atoms with Crippen LogP contribution in [0.4, 0.5) is 0 Å². The zero-order chi connectivity index (χ0) is 27.1. The number of aryl methyl sites for hydroxylation is 6. The minimum absolute atomic E-state index is 0.890. The third-order valence-corrected chi connectivity index (χ3v) is 8.20. The molecule has 0 spiro atoms. The molecule has 0 aliphatic rings. The van der Waals surface area contributed by atoms with E-state index in [-0.39, 0.29) is 0 Å². The van der Waals surface area contributed by atoms with Crippen molar-refractivity contribution in [1.82, 2.24) is 19.1 Å². The van der Waals surface area contributed by atoms with Crippen LogP contribution in [-0.2, 0) is 38.8 Å². The van der Waals surface area contributed by atoms with E-state index < -0.39 is 0 Å². The van der Waals surface area contributed by atoms with Gasteiger partial charge in [0.1, 0.15) is 23.1 Å². The molecule has 5 nitrogen and oxygen atoms in total. The highest BCUT2D eigenvalue weighted by atomic mass is 32.2. The van der Waals surface area contributed by atoms with Crippen LogP contribution in [0.5, 0.6) is 11.5 Å². The van der Waals surface area contributed by atoms with Crippen molar-refractivity contribution in [2.45, 2.75) is 64.5 Å². The van der Waals surface area contributed by atoms with Crippen molar-refractivity contribution in [3.63, 3.8) is 0 Å². The Morgan fingerprint density at radius 3 is 1.44 bits per heavy atom. The van der Waals surface area contributed by atoms with Gasteiger partial charge in [0.15, 0.2) is 0 Å². The van der Waals surface area contributed by atoms with Gasteiger partial charge in [-0.25, -0.2) is 9.97 Å². The molecule has 0 aliphatic carbocycles. The molecule has 0 saturated heterocycles. The van der Waals surface area contributed by atoms with E-state index in [9.17, 15) is 0 Å². The predicted octanol–water partition coefficient (Wildman–Crippen LogP) is 7.73. The molecule has 0 N–H and O–H groups in total. The molecule has 0 saturated carbocycles. The third kappa shape index (κ3) is 9.80. The molecule has 0 atom stereocenters. The number of thioether (sulfide) groups is 2. The zero-order valence-corrected chi connectivity index (χ0v) is 25.1. The monoisotopic (exact) mass is 562 g/mol. The molecule has 4 aromatic rings. The molecule has 4 rings (SSSR count). The third-order valence-electron chi connectivity index (χ3n) is 6.97. The number of benzene rings is 2. The minimum atomic E-state index is 0.890. The number of aromatic nitrogens is 4. The van der Waals surface area contributed by atoms with Gasteiger partial charge in [0.25, 0.3) is 0 Å². The van der Waals surface area contributed by atoms with E-state index in [0.717, 1.165) is 74.6 Å². The summed E-state index contributed by atoms with van der Waals surface area (Å²) in [5.41, 5.74) is 2.72. The van der Waals surface area contributed by atoms with Crippen LogP contribution in [0.1, 0.15) is 48.5 Å². The smallest absolute Gasteiger partial charge is 0.127 e. The first-order chi connectivity index (χ1) is 19.2. The Balaban J connectivity index is 1.14. The van der Waals surface area contributed by atoms with Crippen LogP contribution in [0, 0.1) is 0 Å². The maximum absolute atomic E-state index is 6.10. The molecule has 0 unspecified atom stereocenters. The summed E-state index contributed by atoms with van der Waals surface area (Å²) in [7, 11) is 0. The first-order valence-electron chi connectivity index (χ1n) is 14.1. The maximum Gasteiger partial charge on any atom is 0.127 e. The van der Waals surface area contributed by atoms with Gasteiger partial charge in [0, 0.05) is 62.2 Å². The summed E-state index contributed by atoms with van der Waals surface area (Å²) in [6.45, 7) is 2.09. The molecular weight excluding hydrogens is 521 g/mol. The van der Waals surface area contributed by atoms with Gasteiger partial charge in [-0.3, -0.25) is 0 Å². The van der Waals surface area contributed by atoms with Crippen LogP contribution in [0.2, 0.25) is 0 Å². The number of ether oxygens (including phenoxy) is 1. The highest BCUT2D eigenvalue weighted by molar-refractivity contribution is 7.98. The number of nitrogens with zero attached hydrogens (tertiary/aromatic N) is 4. The fourth-order valence-electron chi connectivity index (χ4n) is 4.74. The van der Waals surface area contributed by atoms with Crippen LogP contribution < -0.4 is 4.74 Å². The molecular formula is C32H42N4OS2. The van der Waals surface area contributed by atoms with Crippen LogP contribution >= 0.6 is 23.5 Å². The molecule has 208 valence electrons. The lowest BCUT2D eigenvalue weighted by Gasteiger charge is -2.10. The van der Waals surface area contributed by atoms with Crippen molar-refractivity contribution in [1.29, 1.82) is 0 Å². The average molecular weight is 563 g/mol. The Bertz CT molecular complexity index is 1120. The molecule has 2 aromatic heterocycles. The Morgan fingerprint density at radius 2 is 1.03 bits per heavy atom. The maximum atomic E-state index is 6.10. The van der Waals surface area contributed by atoms with E-state index in [1.165, 1.54) is 35.6 Å². The van der Waals surface area contributed by atoms with Gasteiger partial charge in [-0.05, 0) is 86.4 Å². The summed E-state index contributed by atoms with van der Waals surface area (Å²) < 4.78 is 10.7. The second kappa shape index (κ2) is 16.5. The summed E-state index contributed by atoms with van der Waals surface area (Å²) >= 11 is 3.75. The Labute approximate surface area is 242 Å². The van der Waals surface area contributed by atoms with Gasteiger partial charge in [-0.2, -0.15) is 23.5 Å². The highest BCUT2D eigenvalue weighted by Gasteiger charge is 2.05. The summed E-state index contributed by atoms with van der Waals surface area (Å²) in [5, 5.41) is 0. The lowest BCUT2D eigenvalue weighted by Crippen LogP contribution is -2.05. The van der Waals surface area contributed by atoms with Crippen molar-refractivity contribution < 1.29 is 4.74 Å². The summed E-state index contributed by atoms with van der Waals surface area (Å²) in [4.78, 5) is 9.01. The molecule has 0 radical (unpaired) electrons. The average Bonchev–Trinajstić information content (AvgIpc) is 3.62. The van der Waals surface area contributed by atoms with E-state index in [0.29, 0.717) is 0 Å². The van der Waals surface area contributed by atoms with E-state index in [1.807, 2.05) is 35.9 Å². The van der Waals surface area contributed by atoms with Gasteiger partial charge >= 0.3 is 0 Å². The molecule has 7 heteroatoms. The van der Waals surface area contributed by atoms with Crippen molar-refractivity contribution in [2.75, 3.05) is 24.0 Å². The highest BCUT2D eigenvalue weighted by Crippen LogP contribution is 2.23. The summed E-state index contributed by atoms with van der Waals surface area (Å²) in [5.74, 6) is 6.45. The van der Waals surface area contributed by atoms with Crippen LogP contribution in [0.25, 0.3) is 0 Å². The van der Waals surface area contributed by atoms with Crippen molar-refractivity contribution in [2.24, 2.45) is 0 Å². The van der Waals surface area contributed by atoms with Crippen LogP contribution in [0.15, 0.2) is 73.3 Å². The fraction of sp³-hybridized carbons (Fsp3) is 0.438. The lowest BCUT2D eigenvalue weighted by molar-refractivity contribution is 0.482. The summed E-state index contributed by atoms with van der Waals surface area (Å²) in [6.07, 6.45) is 21.3. The van der Waals surface area contributed by atoms with Crippen molar-refractivity contribution in [3.8, 4) is 11.5 Å². The van der Waals surface area contributed by atoms with Gasteiger partial charge in [0.05, 0.1) is 0 Å². The van der Waals surface area contributed by atoms with Crippen molar-refractivity contribution in [3.05, 3.63) is 96.1 Å². The number of hydrogen-bond donors (Lipinski definition) is 0. The Morgan fingerprint density at radius 1 is 0.590 bits per heavy atom. The second-order valence-electron chi connectivity index (χ2n) is 9.86. The number of rotatable bonds is 18. The molecule has 2 aromatic carbocycles. The SMILES string of the molecule is CSCCc1nccn1CCCCc1ccc(Oc2ccc(CCCCn3ccnc3CCSC)cc2)cc1. The first kappa shape index (κ1) is 29.3. The number of imidazole rings is 2. The Kier molecular flexibility index (Phi) is 12.4. The van der Waals surface area contributed by atoms with Gasteiger partial charge < -0.3 is 13.9 Å². The molecule has 0 aliphatic heterocycles. The minimum Gasteiger partial charge on any atom is -0.457 e. The molecule has 0 bridgehead atoms. The van der Waals surface area contributed by atoms with E-state index in [4.69, 9.17) is 4.74 Å². The van der Waals surface area contributed by atoms with Gasteiger partial charge in [0.2, 0.25) is 0 Å². The standard InChI is InChI=1S/C32H42N4OS2/c1-38-25-17-31-33-19-23-35(31)21-5-3-7-27-9-13-29(14-10-27)37-30-15-11-28(12-16-30)8-4-6-22-36-24-20-34-32(36)18-26-39-2/h9-16,19-20,23-24H,3-8,17-18,21-22,25-26H2,1-2H3. The Hall–Kier alpha value is -2.64. The normalized spacial score (nSPS) is 11.2. The predicted molar refractivity (Wildman–Crippen MR) is 167 cm³/mol. The van der Waals surface area contributed by atoms with E-state index in [1.54, 1.807) is 0 Å². The topological polar surface area (TPSA) is 44.9 Å². The molecule has 2 heterocycles. The number of hydrogen-bond acceptors (Lipinski definition) is 5. The van der Waals surface area contributed by atoms with Crippen LogP contribution in [-0.4, -0.2) is 43.1 Å². The van der Waals surface area contributed by atoms with Crippen molar-refractivity contribution >= 4 is 23.5 Å². The first-order valence-corrected chi connectivity index (χ1v) is 16.9. The molecule has 0 amide bonds. The van der Waals surface area contributed by atoms with E-state index >= 15 is 0 Å². The van der Waals surface area contributed by atoms with E-state index in [2.05, 4.69) is 92.5 Å². The fourth-order valence-corrected chi connectivity index (χ4v) is 5.51. The van der Waals surface area contributed by atoms with Crippen LogP contribution in [0.3, 0.4) is 0 Å². The zero-order valence-electron chi connectivity index (χ0n) is 23.4. The lowest BCUT2D eigenvalue weighted by atomic mass is 10.1. The summed E-state index contributed by atoms with van der Waals surface area (Å²) in [6, 6.07) is 17.1. The number of unbranched alkanes of at least 4 members (excludes halogenated alkanes) is 2. The van der Waals surface area contributed by atoms with Gasteiger partial charge in [-0.1, -0.05) is 24.3 Å². The van der Waals surface area contributed by atoms with Gasteiger partial charge in [-0.15, -0.1) is 0 Å². The second-order valence-corrected chi connectivity index (χ2v) is 11.8.